The lowest BCUT2D eigenvalue weighted by Gasteiger charge is -2.41. The molecular formula is C44H60F2N6O5S. The number of nitrogens with one attached hydrogen (secondary N) is 1. The zero-order valence-corrected chi connectivity index (χ0v) is 35.1. The van der Waals surface area contributed by atoms with Crippen LogP contribution in [0.3, 0.4) is 0 Å². The molecule has 0 spiro atoms. The molecule has 3 aromatic rings. The number of aromatic nitrogens is 1. The van der Waals surface area contributed by atoms with Gasteiger partial charge in [0.25, 0.3) is 0 Å². The maximum atomic E-state index is 15.1. The second-order valence-corrected chi connectivity index (χ2v) is 17.3. The van der Waals surface area contributed by atoms with E-state index in [9.17, 15) is 28.4 Å². The maximum Gasteiger partial charge on any atom is 0.237 e. The third-order valence-corrected chi connectivity index (χ3v) is 11.3. The Bertz CT molecular complexity index is 1870. The first kappa shape index (κ1) is 46.3. The molecule has 1 fully saturated rings. The summed E-state index contributed by atoms with van der Waals surface area (Å²) in [5.74, 6) is -1.79. The van der Waals surface area contributed by atoms with Crippen LogP contribution in [-0.2, 0) is 30.5 Å². The van der Waals surface area contributed by atoms with E-state index < -0.39 is 29.1 Å². The fourth-order valence-electron chi connectivity index (χ4n) is 7.31. The first-order valence-corrected chi connectivity index (χ1v) is 21.4. The van der Waals surface area contributed by atoms with Crippen molar-refractivity contribution in [3.8, 4) is 11.1 Å². The molecule has 14 heteroatoms. The summed E-state index contributed by atoms with van der Waals surface area (Å²) in [5.41, 5.74) is 14.1. The first-order chi connectivity index (χ1) is 27.6. The number of ketones is 1. The van der Waals surface area contributed by atoms with Gasteiger partial charge in [0.05, 0.1) is 17.8 Å². The van der Waals surface area contributed by atoms with Gasteiger partial charge in [-0.3, -0.25) is 28.9 Å². The summed E-state index contributed by atoms with van der Waals surface area (Å²) in [5, 5.41) is 2.79. The van der Waals surface area contributed by atoms with Crippen LogP contribution in [0.4, 0.5) is 8.78 Å². The van der Waals surface area contributed by atoms with Gasteiger partial charge >= 0.3 is 0 Å². The van der Waals surface area contributed by atoms with E-state index in [-0.39, 0.29) is 58.8 Å². The van der Waals surface area contributed by atoms with Crippen LogP contribution in [0.2, 0.25) is 0 Å². The Balaban J connectivity index is 1.32. The van der Waals surface area contributed by atoms with Crippen molar-refractivity contribution in [2.45, 2.75) is 97.7 Å². The van der Waals surface area contributed by atoms with Gasteiger partial charge in [0.15, 0.2) is 0 Å². The van der Waals surface area contributed by atoms with Gasteiger partial charge in [-0.1, -0.05) is 64.4 Å². The van der Waals surface area contributed by atoms with Gasteiger partial charge in [-0.15, -0.1) is 11.8 Å². The summed E-state index contributed by atoms with van der Waals surface area (Å²) in [6.07, 6.45) is 5.90. The van der Waals surface area contributed by atoms with E-state index in [0.29, 0.717) is 76.8 Å². The van der Waals surface area contributed by atoms with Gasteiger partial charge in [-0.25, -0.2) is 8.78 Å². The molecule has 2 heterocycles. The van der Waals surface area contributed by atoms with Gasteiger partial charge in [0, 0.05) is 80.1 Å². The van der Waals surface area contributed by atoms with Gasteiger partial charge in [0.1, 0.15) is 17.4 Å². The number of thioether (sulfide) groups is 1. The van der Waals surface area contributed by atoms with E-state index in [1.165, 1.54) is 22.7 Å². The number of halogens is 2. The highest BCUT2D eigenvalue weighted by atomic mass is 32.2. The number of nitrogens with zero attached hydrogens (tertiary/aromatic N) is 3. The number of rotatable bonds is 23. The molecule has 316 valence electrons. The van der Waals surface area contributed by atoms with Crippen molar-refractivity contribution in [3.63, 3.8) is 0 Å². The Kier molecular flexibility index (Phi) is 17.6. The van der Waals surface area contributed by atoms with Crippen molar-refractivity contribution in [2.24, 2.45) is 22.8 Å². The minimum atomic E-state index is -0.867. The van der Waals surface area contributed by atoms with E-state index in [0.717, 1.165) is 29.8 Å². The number of unbranched alkanes of at least 4 members (excludes halogenated alkanes) is 2. The standard InChI is InChI=1S/C44H60F2N6O5S/c1-30-23-39(54)52(43(30)57)21-10-6-9-15-34(53)16-11-20-49-42(56)37(48)28-58-29-40(55)51(22-12-19-47)41(44(2,3)4)38-24-32(35-25-33(45)17-18-36(35)46)27-50(38)26-31-13-7-5-8-14-31/h5,7-8,13-14,17-18,24-25,27,30,37,41H,6,9-12,15-16,19-23,26,28-29,47-48H2,1-4H3,(H,49,56)/t30?,37-,41-/m0/s1. The molecule has 58 heavy (non-hydrogen) atoms. The second kappa shape index (κ2) is 22.1. The predicted molar refractivity (Wildman–Crippen MR) is 224 cm³/mol. The summed E-state index contributed by atoms with van der Waals surface area (Å²) in [7, 11) is 0. The lowest BCUT2D eigenvalue weighted by Crippen LogP contribution is -2.45. The maximum absolute atomic E-state index is 15.1. The molecule has 5 N–H and O–H groups in total. The molecule has 0 aliphatic carbocycles. The average molecular weight is 823 g/mol. The topological polar surface area (TPSA) is 161 Å². The average Bonchev–Trinajstić information content (AvgIpc) is 3.69. The molecule has 2 aromatic carbocycles. The van der Waals surface area contributed by atoms with Crippen molar-refractivity contribution in [1.82, 2.24) is 19.7 Å². The molecule has 1 unspecified atom stereocenters. The molecule has 11 nitrogen and oxygen atoms in total. The molecule has 0 bridgehead atoms. The van der Waals surface area contributed by atoms with Crippen LogP contribution in [0.15, 0.2) is 60.8 Å². The van der Waals surface area contributed by atoms with Crippen LogP contribution in [0.5, 0.6) is 0 Å². The Labute approximate surface area is 345 Å². The van der Waals surface area contributed by atoms with E-state index >= 15 is 4.39 Å². The molecule has 1 aliphatic rings. The van der Waals surface area contributed by atoms with Gasteiger partial charge in [-0.05, 0) is 67.5 Å². The summed E-state index contributed by atoms with van der Waals surface area (Å²) in [4.78, 5) is 66.4. The van der Waals surface area contributed by atoms with Gasteiger partial charge in [-0.2, -0.15) is 0 Å². The van der Waals surface area contributed by atoms with Crippen LogP contribution < -0.4 is 16.8 Å². The second-order valence-electron chi connectivity index (χ2n) is 16.2. The van der Waals surface area contributed by atoms with Crippen molar-refractivity contribution < 1.29 is 32.8 Å². The van der Waals surface area contributed by atoms with Crippen LogP contribution in [0, 0.1) is 23.0 Å². The molecule has 1 aromatic heterocycles. The minimum absolute atomic E-state index is 0.0567. The molecule has 0 saturated carbocycles. The number of Topliss-reactive ketones (excluding diaryl/α,β-unsaturated/α-hetero) is 1. The van der Waals surface area contributed by atoms with E-state index in [4.69, 9.17) is 11.5 Å². The van der Waals surface area contributed by atoms with Gasteiger partial charge in [0.2, 0.25) is 23.6 Å². The lowest BCUT2D eigenvalue weighted by molar-refractivity contribution is -0.139. The highest BCUT2D eigenvalue weighted by molar-refractivity contribution is 8.00. The Morgan fingerprint density at radius 2 is 1.71 bits per heavy atom. The number of imide groups is 1. The Morgan fingerprint density at radius 1 is 0.983 bits per heavy atom. The van der Waals surface area contributed by atoms with Crippen molar-refractivity contribution in [2.75, 3.05) is 37.7 Å². The van der Waals surface area contributed by atoms with Gasteiger partial charge < -0.3 is 26.3 Å². The summed E-state index contributed by atoms with van der Waals surface area (Å²) < 4.78 is 31.4. The monoisotopic (exact) mass is 822 g/mol. The molecule has 3 atom stereocenters. The Hall–Kier alpha value is -4.40. The number of carbonyl (C=O) groups excluding carboxylic acids is 5. The smallest absolute Gasteiger partial charge is 0.237 e. The molecule has 4 rings (SSSR count). The number of hydrogen-bond donors (Lipinski definition) is 3. The van der Waals surface area contributed by atoms with Crippen LogP contribution >= 0.6 is 11.8 Å². The highest BCUT2D eigenvalue weighted by Gasteiger charge is 2.37. The number of amides is 4. The van der Waals surface area contributed by atoms with Crippen molar-refractivity contribution in [3.05, 3.63) is 83.7 Å². The van der Waals surface area contributed by atoms with E-state index in [2.05, 4.69) is 5.32 Å². The number of benzene rings is 2. The van der Waals surface area contributed by atoms with E-state index in [1.54, 1.807) is 18.0 Å². The summed E-state index contributed by atoms with van der Waals surface area (Å²) >= 11 is 1.26. The third-order valence-electron chi connectivity index (χ3n) is 10.3. The largest absolute Gasteiger partial charge is 0.355 e. The summed E-state index contributed by atoms with van der Waals surface area (Å²) in [6, 6.07) is 13.6. The minimum Gasteiger partial charge on any atom is -0.355 e. The quantitative estimate of drug-likeness (QED) is 0.0750. The van der Waals surface area contributed by atoms with Crippen LogP contribution in [-0.4, -0.2) is 87.5 Å². The molecule has 0 radical (unpaired) electrons. The van der Waals surface area contributed by atoms with Crippen molar-refractivity contribution in [1.29, 1.82) is 0 Å². The lowest BCUT2D eigenvalue weighted by atomic mass is 9.83. The predicted octanol–water partition coefficient (Wildman–Crippen LogP) is 6.23. The first-order valence-electron chi connectivity index (χ1n) is 20.3. The molecular weight excluding hydrogens is 763 g/mol. The third kappa shape index (κ3) is 13.3. The number of likely N-dealkylation sites (tertiary alicyclic amines) is 1. The molecule has 4 amide bonds. The fraction of sp³-hybridized carbons (Fsp3) is 0.523. The molecule has 1 saturated heterocycles. The number of nitrogens with two attached hydrogens (primary N) is 2. The molecule has 1 aliphatic heterocycles. The Morgan fingerprint density at radius 3 is 2.38 bits per heavy atom. The van der Waals surface area contributed by atoms with Crippen LogP contribution in [0.25, 0.3) is 11.1 Å². The number of hydrogen-bond acceptors (Lipinski definition) is 8. The zero-order valence-electron chi connectivity index (χ0n) is 34.3. The SMILES string of the molecule is CC1CC(=O)N(CCCCCC(=O)CCCNC(=O)[C@@H](N)CSCC(=O)N(CCCN)[C@@H](c2cc(-c3cc(F)ccc3F)cn2Cc2ccccc2)C(C)(C)C)C1=O. The van der Waals surface area contributed by atoms with E-state index in [1.807, 2.05) is 61.7 Å². The summed E-state index contributed by atoms with van der Waals surface area (Å²) in [6.45, 7) is 9.72. The van der Waals surface area contributed by atoms with Crippen LogP contribution in [0.1, 0.15) is 96.4 Å². The normalized spacial score (nSPS) is 15.4. The number of carbonyl (C=O) groups is 5. The van der Waals surface area contributed by atoms with Crippen molar-refractivity contribution >= 4 is 41.2 Å². The fourth-order valence-corrected chi connectivity index (χ4v) is 8.17. The zero-order chi connectivity index (χ0) is 42.4. The highest BCUT2D eigenvalue weighted by Crippen LogP contribution is 2.41.